The Morgan fingerprint density at radius 3 is 2.44 bits per heavy atom. The molecule has 100 valence electrons. The minimum Gasteiger partial charge on any atom is -0.493 e. The molecule has 1 aliphatic heterocycles. The third kappa shape index (κ3) is 2.76. The quantitative estimate of drug-likeness (QED) is 0.856. The second kappa shape index (κ2) is 6.07. The van der Waals surface area contributed by atoms with Gasteiger partial charge in [-0.3, -0.25) is 0 Å². The number of aliphatic hydroxyl groups is 1. The van der Waals surface area contributed by atoms with Crippen LogP contribution >= 0.6 is 0 Å². The predicted octanol–water partition coefficient (Wildman–Crippen LogP) is 1.74. The Labute approximate surface area is 108 Å². The van der Waals surface area contributed by atoms with Gasteiger partial charge in [-0.1, -0.05) is 6.07 Å². The highest BCUT2D eigenvalue weighted by Gasteiger charge is 2.23. The number of ether oxygens (including phenoxy) is 2. The van der Waals surface area contributed by atoms with E-state index in [1.165, 1.54) is 0 Å². The van der Waals surface area contributed by atoms with Crippen LogP contribution in [0.25, 0.3) is 0 Å². The van der Waals surface area contributed by atoms with Crippen LogP contribution in [0.5, 0.6) is 11.5 Å². The zero-order chi connectivity index (χ0) is 13.0. The molecule has 1 aliphatic rings. The molecule has 4 nitrogen and oxygen atoms in total. The Balaban J connectivity index is 2.16. The molecule has 18 heavy (non-hydrogen) atoms. The Kier molecular flexibility index (Phi) is 4.44. The first kappa shape index (κ1) is 13.2. The lowest BCUT2D eigenvalue weighted by molar-refractivity contribution is 0.0886. The fraction of sp³-hybridized carbons (Fsp3) is 0.571. The van der Waals surface area contributed by atoms with E-state index in [9.17, 15) is 5.11 Å². The molecule has 0 amide bonds. The average Bonchev–Trinajstić information content (AvgIpc) is 2.46. The van der Waals surface area contributed by atoms with Crippen LogP contribution in [0.1, 0.15) is 24.5 Å². The molecular weight excluding hydrogens is 230 g/mol. The summed E-state index contributed by atoms with van der Waals surface area (Å²) in [6.07, 6.45) is 1.59. The number of aliphatic hydroxyl groups excluding tert-OH is 1. The van der Waals surface area contributed by atoms with Gasteiger partial charge in [0.2, 0.25) is 0 Å². The average molecular weight is 251 g/mol. The molecule has 0 bridgehead atoms. The van der Waals surface area contributed by atoms with Gasteiger partial charge in [0.15, 0.2) is 11.5 Å². The molecule has 1 fully saturated rings. The monoisotopic (exact) mass is 251 g/mol. The van der Waals surface area contributed by atoms with Gasteiger partial charge in [0.25, 0.3) is 0 Å². The van der Waals surface area contributed by atoms with Gasteiger partial charge in [0, 0.05) is 0 Å². The van der Waals surface area contributed by atoms with E-state index in [2.05, 4.69) is 5.32 Å². The molecule has 0 saturated carbocycles. The number of benzene rings is 1. The maximum absolute atomic E-state index is 10.4. The number of methoxy groups -OCH3 is 2. The van der Waals surface area contributed by atoms with Crippen molar-refractivity contribution in [2.75, 3.05) is 27.3 Å². The zero-order valence-electron chi connectivity index (χ0n) is 11.0. The third-order valence-corrected chi connectivity index (χ3v) is 3.58. The van der Waals surface area contributed by atoms with Gasteiger partial charge in [0.05, 0.1) is 20.3 Å². The molecule has 1 aromatic carbocycles. The molecule has 0 radical (unpaired) electrons. The van der Waals surface area contributed by atoms with Crippen molar-refractivity contribution in [2.45, 2.75) is 18.9 Å². The first-order valence-electron chi connectivity index (χ1n) is 6.37. The van der Waals surface area contributed by atoms with Crippen LogP contribution in [-0.4, -0.2) is 32.4 Å². The molecule has 4 heteroatoms. The van der Waals surface area contributed by atoms with Crippen LogP contribution in [-0.2, 0) is 0 Å². The van der Waals surface area contributed by atoms with Gasteiger partial charge in [-0.2, -0.15) is 0 Å². The molecular formula is C14H21NO3. The first-order chi connectivity index (χ1) is 8.76. The van der Waals surface area contributed by atoms with Gasteiger partial charge in [-0.25, -0.2) is 0 Å². The summed E-state index contributed by atoms with van der Waals surface area (Å²) in [7, 11) is 3.22. The summed E-state index contributed by atoms with van der Waals surface area (Å²) in [4.78, 5) is 0. The van der Waals surface area contributed by atoms with Gasteiger partial charge in [-0.15, -0.1) is 0 Å². The molecule has 0 aliphatic carbocycles. The first-order valence-corrected chi connectivity index (χ1v) is 6.37. The Hall–Kier alpha value is -1.26. The van der Waals surface area contributed by atoms with E-state index in [0.717, 1.165) is 31.5 Å². The Morgan fingerprint density at radius 2 is 1.83 bits per heavy atom. The molecule has 2 N–H and O–H groups in total. The predicted molar refractivity (Wildman–Crippen MR) is 70.1 cm³/mol. The maximum Gasteiger partial charge on any atom is 0.161 e. The maximum atomic E-state index is 10.4. The lowest BCUT2D eigenvalue weighted by atomic mass is 9.88. The van der Waals surface area contributed by atoms with Crippen LogP contribution in [0.15, 0.2) is 18.2 Å². The molecule has 1 heterocycles. The fourth-order valence-corrected chi connectivity index (χ4v) is 2.47. The van der Waals surface area contributed by atoms with E-state index in [4.69, 9.17) is 9.47 Å². The summed E-state index contributed by atoms with van der Waals surface area (Å²) in [5.41, 5.74) is 0.902. The lowest BCUT2D eigenvalue weighted by Crippen LogP contribution is -2.30. The van der Waals surface area contributed by atoms with E-state index < -0.39 is 6.10 Å². The minimum absolute atomic E-state index is 0.323. The van der Waals surface area contributed by atoms with Gasteiger partial charge in [-0.05, 0) is 49.5 Å². The molecule has 1 unspecified atom stereocenters. The van der Waals surface area contributed by atoms with Crippen molar-refractivity contribution in [3.8, 4) is 11.5 Å². The number of hydrogen-bond acceptors (Lipinski definition) is 4. The van der Waals surface area contributed by atoms with E-state index in [1.54, 1.807) is 14.2 Å². The van der Waals surface area contributed by atoms with Gasteiger partial charge < -0.3 is 19.9 Å². The number of nitrogens with one attached hydrogen (secondary N) is 1. The lowest BCUT2D eigenvalue weighted by Gasteiger charge is -2.27. The second-order valence-corrected chi connectivity index (χ2v) is 4.65. The van der Waals surface area contributed by atoms with E-state index in [0.29, 0.717) is 17.4 Å². The molecule has 1 saturated heterocycles. The van der Waals surface area contributed by atoms with Crippen LogP contribution < -0.4 is 14.8 Å². The minimum atomic E-state index is -0.424. The van der Waals surface area contributed by atoms with Gasteiger partial charge >= 0.3 is 0 Å². The summed E-state index contributed by atoms with van der Waals surface area (Å²) in [6, 6.07) is 5.62. The van der Waals surface area contributed by atoms with Crippen molar-refractivity contribution < 1.29 is 14.6 Å². The third-order valence-electron chi connectivity index (χ3n) is 3.58. The molecule has 2 rings (SSSR count). The molecule has 0 aromatic heterocycles. The highest BCUT2D eigenvalue weighted by Crippen LogP contribution is 2.34. The SMILES string of the molecule is COc1ccc(C(O)C2CCNCC2)cc1OC. The second-order valence-electron chi connectivity index (χ2n) is 4.65. The van der Waals surface area contributed by atoms with E-state index in [-0.39, 0.29) is 0 Å². The van der Waals surface area contributed by atoms with Crippen molar-refractivity contribution in [3.63, 3.8) is 0 Å². The molecule has 1 atom stereocenters. The summed E-state index contributed by atoms with van der Waals surface area (Å²) >= 11 is 0. The van der Waals surface area contributed by atoms with Crippen molar-refractivity contribution in [1.82, 2.24) is 5.32 Å². The van der Waals surface area contributed by atoms with E-state index in [1.807, 2.05) is 18.2 Å². The van der Waals surface area contributed by atoms with E-state index >= 15 is 0 Å². The van der Waals surface area contributed by atoms with Gasteiger partial charge in [0.1, 0.15) is 0 Å². The van der Waals surface area contributed by atoms with Crippen molar-refractivity contribution in [1.29, 1.82) is 0 Å². The normalized spacial score (nSPS) is 18.4. The summed E-state index contributed by atoms with van der Waals surface area (Å²) in [5.74, 6) is 1.69. The van der Waals surface area contributed by atoms with Crippen LogP contribution in [0.2, 0.25) is 0 Å². The van der Waals surface area contributed by atoms with Crippen LogP contribution in [0.3, 0.4) is 0 Å². The topological polar surface area (TPSA) is 50.7 Å². The highest BCUT2D eigenvalue weighted by molar-refractivity contribution is 5.43. The number of rotatable bonds is 4. The largest absolute Gasteiger partial charge is 0.493 e. The summed E-state index contributed by atoms with van der Waals surface area (Å²) in [5, 5.41) is 13.7. The number of piperidine rings is 1. The Morgan fingerprint density at radius 1 is 1.17 bits per heavy atom. The van der Waals surface area contributed by atoms with Crippen molar-refractivity contribution in [2.24, 2.45) is 5.92 Å². The number of hydrogen-bond donors (Lipinski definition) is 2. The Bertz CT molecular complexity index is 389. The molecule has 0 spiro atoms. The van der Waals surface area contributed by atoms with Crippen LogP contribution in [0, 0.1) is 5.92 Å². The molecule has 1 aromatic rings. The van der Waals surface area contributed by atoms with Crippen LogP contribution in [0.4, 0.5) is 0 Å². The smallest absolute Gasteiger partial charge is 0.161 e. The standard InChI is InChI=1S/C14H21NO3/c1-17-12-4-3-11(9-13(12)18-2)14(16)10-5-7-15-8-6-10/h3-4,9-10,14-16H,5-8H2,1-2H3. The zero-order valence-corrected chi connectivity index (χ0v) is 11.0. The highest BCUT2D eigenvalue weighted by atomic mass is 16.5. The van der Waals surface area contributed by atoms with Crippen molar-refractivity contribution in [3.05, 3.63) is 23.8 Å². The summed E-state index contributed by atoms with van der Waals surface area (Å²) in [6.45, 7) is 1.96. The fourth-order valence-electron chi connectivity index (χ4n) is 2.47. The van der Waals surface area contributed by atoms with Crippen molar-refractivity contribution >= 4 is 0 Å². The summed E-state index contributed by atoms with van der Waals surface area (Å²) < 4.78 is 10.5.